The standard InChI is InChI=1S/C18H27N3O3S/c1-12-8-15(9-17(14(12)3)25(19,23)24)18(22)20-10-16(11-20)21-7-5-4-6-13(21)2/h8-9,13,16H,4-7,10-11H2,1-3H3,(H2,19,23,24). The predicted molar refractivity (Wildman–Crippen MR) is 97.0 cm³/mol. The van der Waals surface area contributed by atoms with E-state index in [4.69, 9.17) is 5.14 Å². The lowest BCUT2D eigenvalue weighted by Gasteiger charge is -2.49. The molecule has 1 aromatic carbocycles. The summed E-state index contributed by atoms with van der Waals surface area (Å²) in [4.78, 5) is 17.1. The van der Waals surface area contributed by atoms with Crippen molar-refractivity contribution in [3.05, 3.63) is 28.8 Å². The quantitative estimate of drug-likeness (QED) is 0.883. The molecule has 2 saturated heterocycles. The molecule has 2 aliphatic rings. The van der Waals surface area contributed by atoms with Gasteiger partial charge in [0.2, 0.25) is 10.0 Å². The van der Waals surface area contributed by atoms with Crippen LogP contribution >= 0.6 is 0 Å². The molecule has 0 radical (unpaired) electrons. The van der Waals surface area contributed by atoms with Gasteiger partial charge in [0.05, 0.1) is 4.90 Å². The highest BCUT2D eigenvalue weighted by Crippen LogP contribution is 2.27. The Morgan fingerprint density at radius 1 is 1.20 bits per heavy atom. The summed E-state index contributed by atoms with van der Waals surface area (Å²) in [6, 6.07) is 4.16. The fraction of sp³-hybridized carbons (Fsp3) is 0.611. The zero-order valence-electron chi connectivity index (χ0n) is 15.2. The number of hydrogen-bond donors (Lipinski definition) is 1. The number of hydrogen-bond acceptors (Lipinski definition) is 4. The van der Waals surface area contributed by atoms with Crippen LogP contribution in [0.2, 0.25) is 0 Å². The summed E-state index contributed by atoms with van der Waals surface area (Å²) >= 11 is 0. The molecule has 6 nitrogen and oxygen atoms in total. The third-order valence-corrected chi connectivity index (χ3v) is 6.68. The van der Waals surface area contributed by atoms with Crippen LogP contribution in [-0.4, -0.2) is 55.8 Å². The maximum absolute atomic E-state index is 12.8. The Morgan fingerprint density at radius 3 is 2.48 bits per heavy atom. The van der Waals surface area contributed by atoms with Crippen LogP contribution in [0.1, 0.15) is 47.7 Å². The highest BCUT2D eigenvalue weighted by atomic mass is 32.2. The third kappa shape index (κ3) is 3.59. The summed E-state index contributed by atoms with van der Waals surface area (Å²) in [6.07, 6.45) is 3.73. The number of benzene rings is 1. The number of likely N-dealkylation sites (tertiary alicyclic amines) is 2. The molecule has 25 heavy (non-hydrogen) atoms. The van der Waals surface area contributed by atoms with Crippen LogP contribution in [0.3, 0.4) is 0 Å². The second-order valence-corrected chi connectivity index (χ2v) is 8.94. The SMILES string of the molecule is Cc1cc(C(=O)N2CC(N3CCCCC3C)C2)cc(S(N)(=O)=O)c1C. The van der Waals surface area contributed by atoms with Crippen molar-refractivity contribution in [2.75, 3.05) is 19.6 Å². The number of carbonyl (C=O) groups is 1. The van der Waals surface area contributed by atoms with Gasteiger partial charge in [-0.2, -0.15) is 0 Å². The Hall–Kier alpha value is -1.44. The molecule has 0 saturated carbocycles. The fourth-order valence-corrected chi connectivity index (χ4v) is 4.80. The van der Waals surface area contributed by atoms with E-state index >= 15 is 0 Å². The van der Waals surface area contributed by atoms with Crippen LogP contribution < -0.4 is 5.14 Å². The molecule has 2 N–H and O–H groups in total. The first kappa shape index (κ1) is 18.4. The summed E-state index contributed by atoms with van der Waals surface area (Å²) in [7, 11) is -3.84. The second-order valence-electron chi connectivity index (χ2n) is 7.41. The van der Waals surface area contributed by atoms with Crippen LogP contribution in [0.5, 0.6) is 0 Å². The molecule has 0 spiro atoms. The van der Waals surface area contributed by atoms with Crippen LogP contribution in [0.15, 0.2) is 17.0 Å². The van der Waals surface area contributed by atoms with Crippen molar-refractivity contribution in [1.82, 2.24) is 9.80 Å². The van der Waals surface area contributed by atoms with Gasteiger partial charge in [0.15, 0.2) is 0 Å². The average molecular weight is 365 g/mol. The van der Waals surface area contributed by atoms with E-state index in [1.165, 1.54) is 25.3 Å². The van der Waals surface area contributed by atoms with Crippen molar-refractivity contribution in [3.8, 4) is 0 Å². The third-order valence-electron chi connectivity index (χ3n) is 5.65. The van der Waals surface area contributed by atoms with Gasteiger partial charge in [0.25, 0.3) is 5.91 Å². The van der Waals surface area contributed by atoms with E-state index in [0.717, 1.165) is 12.1 Å². The van der Waals surface area contributed by atoms with Crippen LogP contribution in [-0.2, 0) is 10.0 Å². The first-order valence-corrected chi connectivity index (χ1v) is 10.4. The first-order valence-electron chi connectivity index (χ1n) is 8.87. The van der Waals surface area contributed by atoms with Gasteiger partial charge >= 0.3 is 0 Å². The normalized spacial score (nSPS) is 22.7. The Balaban J connectivity index is 1.74. The van der Waals surface area contributed by atoms with Gasteiger partial charge in [-0.05, 0) is 63.4 Å². The largest absolute Gasteiger partial charge is 0.335 e. The van der Waals surface area contributed by atoms with Crippen molar-refractivity contribution in [3.63, 3.8) is 0 Å². The molecule has 2 fully saturated rings. The maximum atomic E-state index is 12.8. The Kier molecular flexibility index (Phi) is 4.92. The van der Waals surface area contributed by atoms with Crippen LogP contribution in [0, 0.1) is 13.8 Å². The number of amides is 1. The minimum atomic E-state index is -3.84. The van der Waals surface area contributed by atoms with Gasteiger partial charge in [-0.15, -0.1) is 0 Å². The van der Waals surface area contributed by atoms with E-state index in [1.807, 2.05) is 0 Å². The Labute approximate surface area is 150 Å². The zero-order chi connectivity index (χ0) is 18.4. The average Bonchev–Trinajstić information content (AvgIpc) is 2.49. The topological polar surface area (TPSA) is 83.7 Å². The number of nitrogens with two attached hydrogens (primary N) is 1. The number of sulfonamides is 1. The molecule has 2 aliphatic heterocycles. The summed E-state index contributed by atoms with van der Waals surface area (Å²) in [6.45, 7) is 8.29. The highest BCUT2D eigenvalue weighted by molar-refractivity contribution is 7.89. The molecule has 3 rings (SSSR count). The van der Waals surface area contributed by atoms with Crippen molar-refractivity contribution in [1.29, 1.82) is 0 Å². The Bertz CT molecular complexity index is 785. The number of piperidine rings is 1. The Morgan fingerprint density at radius 2 is 1.88 bits per heavy atom. The first-order chi connectivity index (χ1) is 11.7. The molecule has 7 heteroatoms. The van der Waals surface area contributed by atoms with E-state index < -0.39 is 10.0 Å². The molecular weight excluding hydrogens is 338 g/mol. The molecule has 0 bridgehead atoms. The number of carbonyl (C=O) groups excluding carboxylic acids is 1. The van der Waals surface area contributed by atoms with E-state index in [1.54, 1.807) is 24.8 Å². The van der Waals surface area contributed by atoms with Crippen molar-refractivity contribution < 1.29 is 13.2 Å². The molecule has 1 amide bonds. The van der Waals surface area contributed by atoms with Crippen LogP contribution in [0.4, 0.5) is 0 Å². The molecule has 138 valence electrons. The smallest absolute Gasteiger partial charge is 0.254 e. The van der Waals surface area contributed by atoms with Gasteiger partial charge in [-0.1, -0.05) is 6.42 Å². The lowest BCUT2D eigenvalue weighted by molar-refractivity contribution is 0.00211. The number of nitrogens with zero attached hydrogens (tertiary/aromatic N) is 2. The summed E-state index contributed by atoms with van der Waals surface area (Å²) in [5.74, 6) is -0.117. The van der Waals surface area contributed by atoms with Gasteiger partial charge in [0.1, 0.15) is 0 Å². The molecule has 1 aromatic rings. The lowest BCUT2D eigenvalue weighted by Crippen LogP contribution is -2.63. The predicted octanol–water partition coefficient (Wildman–Crippen LogP) is 1.65. The van der Waals surface area contributed by atoms with Gasteiger partial charge in [-0.25, -0.2) is 13.6 Å². The van der Waals surface area contributed by atoms with Crippen LogP contribution in [0.25, 0.3) is 0 Å². The van der Waals surface area contributed by atoms with E-state index in [9.17, 15) is 13.2 Å². The minimum absolute atomic E-state index is 0.0394. The molecule has 1 unspecified atom stereocenters. The summed E-state index contributed by atoms with van der Waals surface area (Å²) < 4.78 is 23.6. The molecule has 0 aromatic heterocycles. The summed E-state index contributed by atoms with van der Waals surface area (Å²) in [5, 5.41) is 5.29. The monoisotopic (exact) mass is 365 g/mol. The maximum Gasteiger partial charge on any atom is 0.254 e. The number of rotatable bonds is 3. The number of primary sulfonamides is 1. The summed E-state index contributed by atoms with van der Waals surface area (Å²) in [5.41, 5.74) is 1.76. The second kappa shape index (κ2) is 6.70. The fourth-order valence-electron chi connectivity index (χ4n) is 3.92. The minimum Gasteiger partial charge on any atom is -0.335 e. The van der Waals surface area contributed by atoms with Crippen molar-refractivity contribution in [2.24, 2.45) is 5.14 Å². The highest BCUT2D eigenvalue weighted by Gasteiger charge is 2.38. The molecule has 2 heterocycles. The van der Waals surface area contributed by atoms with Gasteiger partial charge in [-0.3, -0.25) is 9.69 Å². The lowest BCUT2D eigenvalue weighted by atomic mass is 9.96. The van der Waals surface area contributed by atoms with Crippen molar-refractivity contribution >= 4 is 15.9 Å². The van der Waals surface area contributed by atoms with E-state index in [-0.39, 0.29) is 10.8 Å². The van der Waals surface area contributed by atoms with Gasteiger partial charge < -0.3 is 4.90 Å². The number of aryl methyl sites for hydroxylation is 1. The molecular formula is C18H27N3O3S. The van der Waals surface area contributed by atoms with E-state index in [0.29, 0.717) is 36.3 Å². The molecule has 0 aliphatic carbocycles. The zero-order valence-corrected chi connectivity index (χ0v) is 16.0. The van der Waals surface area contributed by atoms with Crippen molar-refractivity contribution in [2.45, 2.75) is 57.0 Å². The van der Waals surface area contributed by atoms with Gasteiger partial charge in [0, 0.05) is 30.7 Å². The molecule has 1 atom stereocenters. The van der Waals surface area contributed by atoms with E-state index in [2.05, 4.69) is 11.8 Å².